The fourth-order valence-corrected chi connectivity index (χ4v) is 4.64. The minimum atomic E-state index is 1.00. The Morgan fingerprint density at radius 1 is 0.742 bits per heavy atom. The monoisotopic (exact) mass is 401 g/mol. The van der Waals surface area contributed by atoms with Gasteiger partial charge in [-0.2, -0.15) is 0 Å². The lowest BCUT2D eigenvalue weighted by Crippen LogP contribution is -1.97. The van der Waals surface area contributed by atoms with E-state index >= 15 is 0 Å². The van der Waals surface area contributed by atoms with Crippen LogP contribution in [0.5, 0.6) is 0 Å². The van der Waals surface area contributed by atoms with Crippen molar-refractivity contribution in [2.24, 2.45) is 0 Å². The average molecular weight is 402 g/mol. The molecular weight excluding hydrogens is 374 g/mol. The number of fused-ring (bicyclic) bond motifs is 4. The molecule has 0 unspecified atom stereocenters. The molecule has 0 aliphatic carbocycles. The molecule has 1 aromatic heterocycles. The first kappa shape index (κ1) is 19.5. The Morgan fingerprint density at radius 2 is 1.48 bits per heavy atom. The summed E-state index contributed by atoms with van der Waals surface area (Å²) in [5, 5.41) is 4.92. The van der Waals surface area contributed by atoms with Crippen LogP contribution in [0.25, 0.3) is 43.7 Å². The zero-order chi connectivity index (χ0) is 21.4. The fraction of sp³-hybridized carbons (Fsp3) is 0.167. The Labute approximate surface area is 184 Å². The van der Waals surface area contributed by atoms with Crippen LogP contribution < -0.4 is 0 Å². The lowest BCUT2D eigenvalue weighted by atomic mass is 9.90. The van der Waals surface area contributed by atoms with Gasteiger partial charge in [-0.3, -0.25) is 0 Å². The topological polar surface area (TPSA) is 12.9 Å². The van der Waals surface area contributed by atoms with Crippen molar-refractivity contribution in [1.29, 1.82) is 0 Å². The van der Waals surface area contributed by atoms with Crippen LogP contribution in [0.1, 0.15) is 30.0 Å². The molecule has 1 heterocycles. The van der Waals surface area contributed by atoms with Crippen LogP contribution in [0, 0.1) is 13.8 Å². The van der Waals surface area contributed by atoms with E-state index < -0.39 is 0 Å². The highest BCUT2D eigenvalue weighted by Crippen LogP contribution is 2.39. The Balaban J connectivity index is 1.94. The maximum atomic E-state index is 5.32. The van der Waals surface area contributed by atoms with Gasteiger partial charge in [-0.25, -0.2) is 4.98 Å². The van der Waals surface area contributed by atoms with Crippen LogP contribution in [0.2, 0.25) is 0 Å². The molecule has 152 valence electrons. The first-order chi connectivity index (χ1) is 15.2. The Hall–Kier alpha value is -3.45. The van der Waals surface area contributed by atoms with E-state index in [-0.39, 0.29) is 0 Å². The van der Waals surface area contributed by atoms with Crippen molar-refractivity contribution >= 4 is 32.6 Å². The molecule has 0 saturated heterocycles. The SMILES string of the molecule is C/C=C\CCc1c(C)ccc2c(-c3ccc(C)cc3)c3ccc4ccccc4c3nc12. The largest absolute Gasteiger partial charge is 0.247 e. The Kier molecular flexibility index (Phi) is 5.03. The minimum Gasteiger partial charge on any atom is -0.247 e. The molecule has 5 rings (SSSR count). The number of aryl methyl sites for hydroxylation is 3. The van der Waals surface area contributed by atoms with E-state index in [4.69, 9.17) is 4.98 Å². The highest BCUT2D eigenvalue weighted by Gasteiger charge is 2.16. The highest BCUT2D eigenvalue weighted by atomic mass is 14.7. The van der Waals surface area contributed by atoms with Crippen LogP contribution in [-0.2, 0) is 6.42 Å². The molecule has 0 spiro atoms. The summed E-state index contributed by atoms with van der Waals surface area (Å²) >= 11 is 0. The number of aromatic nitrogens is 1. The number of pyridine rings is 1. The molecule has 4 aromatic carbocycles. The molecule has 0 fully saturated rings. The van der Waals surface area contributed by atoms with Crippen LogP contribution >= 0.6 is 0 Å². The maximum absolute atomic E-state index is 5.32. The molecular formula is C30H27N. The van der Waals surface area contributed by atoms with E-state index in [0.29, 0.717) is 0 Å². The number of rotatable bonds is 4. The van der Waals surface area contributed by atoms with Crippen molar-refractivity contribution in [1.82, 2.24) is 4.98 Å². The number of allylic oxidation sites excluding steroid dienone is 2. The van der Waals surface area contributed by atoms with Gasteiger partial charge < -0.3 is 0 Å². The van der Waals surface area contributed by atoms with Crippen molar-refractivity contribution in [2.75, 3.05) is 0 Å². The minimum absolute atomic E-state index is 1.00. The summed E-state index contributed by atoms with van der Waals surface area (Å²) in [6.07, 6.45) is 6.42. The van der Waals surface area contributed by atoms with Crippen LogP contribution in [0.4, 0.5) is 0 Å². The van der Waals surface area contributed by atoms with Gasteiger partial charge in [0.2, 0.25) is 0 Å². The van der Waals surface area contributed by atoms with E-state index in [1.54, 1.807) is 0 Å². The van der Waals surface area contributed by atoms with Crippen molar-refractivity contribution in [2.45, 2.75) is 33.6 Å². The summed E-state index contributed by atoms with van der Waals surface area (Å²) in [6.45, 7) is 6.44. The van der Waals surface area contributed by atoms with Gasteiger partial charge >= 0.3 is 0 Å². The lowest BCUT2D eigenvalue weighted by molar-refractivity contribution is 0.993. The number of hydrogen-bond acceptors (Lipinski definition) is 1. The first-order valence-electron chi connectivity index (χ1n) is 11.1. The standard InChI is InChI=1S/C30H27N/c1-4-5-6-10-24-21(3)14-18-26-28(23-15-12-20(2)13-16-23)27-19-17-22-9-7-8-11-25(22)30(27)31-29(24)26/h4-5,7-9,11-19H,6,10H2,1-3H3/b5-4-. The van der Waals surface area contributed by atoms with E-state index in [1.165, 1.54) is 49.4 Å². The smallest absolute Gasteiger partial charge is 0.0794 e. The van der Waals surface area contributed by atoms with Gasteiger partial charge in [-0.05, 0) is 55.7 Å². The molecule has 0 N–H and O–H groups in total. The van der Waals surface area contributed by atoms with Gasteiger partial charge in [0, 0.05) is 21.7 Å². The zero-order valence-electron chi connectivity index (χ0n) is 18.4. The molecule has 0 atom stereocenters. The zero-order valence-corrected chi connectivity index (χ0v) is 18.4. The second-order valence-corrected chi connectivity index (χ2v) is 8.40. The molecule has 0 amide bonds. The van der Waals surface area contributed by atoms with Gasteiger partial charge in [-0.15, -0.1) is 0 Å². The number of hydrogen-bond donors (Lipinski definition) is 0. The van der Waals surface area contributed by atoms with Gasteiger partial charge in [0.25, 0.3) is 0 Å². The lowest BCUT2D eigenvalue weighted by Gasteiger charge is -2.17. The number of benzene rings is 4. The van der Waals surface area contributed by atoms with Gasteiger partial charge in [0.15, 0.2) is 0 Å². The molecule has 1 heteroatoms. The normalized spacial score (nSPS) is 11.8. The predicted octanol–water partition coefficient (Wildman–Crippen LogP) is 8.33. The summed E-state index contributed by atoms with van der Waals surface area (Å²) in [6, 6.07) is 26.5. The molecule has 0 aliphatic rings. The summed E-state index contributed by atoms with van der Waals surface area (Å²) in [7, 11) is 0. The second-order valence-electron chi connectivity index (χ2n) is 8.40. The van der Waals surface area contributed by atoms with Crippen LogP contribution in [0.3, 0.4) is 0 Å². The van der Waals surface area contributed by atoms with Crippen molar-refractivity contribution in [3.05, 3.63) is 102 Å². The third-order valence-electron chi connectivity index (χ3n) is 6.32. The summed E-state index contributed by atoms with van der Waals surface area (Å²) in [5.74, 6) is 0. The van der Waals surface area contributed by atoms with E-state index in [2.05, 4.69) is 106 Å². The molecule has 1 nitrogen and oxygen atoms in total. The average Bonchev–Trinajstić information content (AvgIpc) is 2.80. The van der Waals surface area contributed by atoms with Crippen molar-refractivity contribution in [3.8, 4) is 11.1 Å². The van der Waals surface area contributed by atoms with E-state index in [1.807, 2.05) is 0 Å². The molecule has 31 heavy (non-hydrogen) atoms. The summed E-state index contributed by atoms with van der Waals surface area (Å²) in [4.78, 5) is 5.32. The molecule has 0 saturated carbocycles. The molecule has 0 radical (unpaired) electrons. The van der Waals surface area contributed by atoms with E-state index in [0.717, 1.165) is 23.9 Å². The highest BCUT2D eigenvalue weighted by molar-refractivity contribution is 6.17. The molecule has 5 aromatic rings. The summed E-state index contributed by atoms with van der Waals surface area (Å²) < 4.78 is 0. The molecule has 0 aliphatic heterocycles. The Morgan fingerprint density at radius 3 is 2.29 bits per heavy atom. The van der Waals surface area contributed by atoms with Gasteiger partial charge in [0.1, 0.15) is 0 Å². The molecule has 0 bridgehead atoms. The van der Waals surface area contributed by atoms with Crippen molar-refractivity contribution < 1.29 is 0 Å². The van der Waals surface area contributed by atoms with Crippen LogP contribution in [-0.4, -0.2) is 4.98 Å². The van der Waals surface area contributed by atoms with E-state index in [9.17, 15) is 0 Å². The Bertz CT molecular complexity index is 1440. The first-order valence-corrected chi connectivity index (χ1v) is 11.1. The third kappa shape index (κ3) is 3.41. The third-order valence-corrected chi connectivity index (χ3v) is 6.32. The number of nitrogens with zero attached hydrogens (tertiary/aromatic N) is 1. The second kappa shape index (κ2) is 8.00. The fourth-order valence-electron chi connectivity index (χ4n) is 4.64. The van der Waals surface area contributed by atoms with Gasteiger partial charge in [-0.1, -0.05) is 90.5 Å². The maximum Gasteiger partial charge on any atom is 0.0794 e. The van der Waals surface area contributed by atoms with Crippen LogP contribution in [0.15, 0.2) is 84.9 Å². The van der Waals surface area contributed by atoms with Crippen molar-refractivity contribution in [3.63, 3.8) is 0 Å². The predicted molar refractivity (Wildman–Crippen MR) is 135 cm³/mol. The van der Waals surface area contributed by atoms with Gasteiger partial charge in [0.05, 0.1) is 11.0 Å². The summed E-state index contributed by atoms with van der Waals surface area (Å²) in [5.41, 5.74) is 8.74. The quantitative estimate of drug-likeness (QED) is 0.167.